The number of hydrogen-bond donors (Lipinski definition) is 2. The van der Waals surface area contributed by atoms with E-state index in [2.05, 4.69) is 20.4 Å². The molecule has 0 spiro atoms. The SMILES string of the molecule is CCN=C(NN)c1cnc2ccccc2n1. The lowest BCUT2D eigenvalue weighted by molar-refractivity contribution is 0.980. The third-order valence-electron chi connectivity index (χ3n) is 2.14. The average Bonchev–Trinajstić information content (AvgIpc) is 2.35. The van der Waals surface area contributed by atoms with Gasteiger partial charge in [-0.2, -0.15) is 0 Å². The van der Waals surface area contributed by atoms with Crippen LogP contribution in [0.4, 0.5) is 0 Å². The van der Waals surface area contributed by atoms with Crippen molar-refractivity contribution in [2.24, 2.45) is 10.8 Å². The molecule has 0 bridgehead atoms. The maximum absolute atomic E-state index is 5.39. The summed E-state index contributed by atoms with van der Waals surface area (Å²) < 4.78 is 0. The standard InChI is InChI=1S/C11H13N5/c1-2-13-11(16-12)10-7-14-8-5-3-4-6-9(8)15-10/h3-7H,2,12H2,1H3,(H,13,16). The van der Waals surface area contributed by atoms with E-state index in [9.17, 15) is 0 Å². The number of rotatable bonds is 2. The number of hydrogen-bond acceptors (Lipinski definition) is 4. The molecule has 0 fully saturated rings. The van der Waals surface area contributed by atoms with Crippen LogP contribution in [0.2, 0.25) is 0 Å². The van der Waals surface area contributed by atoms with E-state index >= 15 is 0 Å². The number of benzene rings is 1. The lowest BCUT2D eigenvalue weighted by Crippen LogP contribution is -2.32. The van der Waals surface area contributed by atoms with E-state index in [-0.39, 0.29) is 0 Å². The van der Waals surface area contributed by atoms with E-state index in [0.717, 1.165) is 11.0 Å². The Hall–Kier alpha value is -2.01. The molecular weight excluding hydrogens is 202 g/mol. The molecule has 82 valence electrons. The van der Waals surface area contributed by atoms with Gasteiger partial charge in [-0.05, 0) is 19.1 Å². The van der Waals surface area contributed by atoms with Crippen LogP contribution in [0.25, 0.3) is 11.0 Å². The summed E-state index contributed by atoms with van der Waals surface area (Å²) in [5, 5.41) is 0. The zero-order chi connectivity index (χ0) is 11.4. The van der Waals surface area contributed by atoms with Crippen molar-refractivity contribution in [1.29, 1.82) is 0 Å². The number of nitrogens with one attached hydrogen (secondary N) is 1. The van der Waals surface area contributed by atoms with Crippen LogP contribution in [0.3, 0.4) is 0 Å². The largest absolute Gasteiger partial charge is 0.307 e. The molecule has 16 heavy (non-hydrogen) atoms. The first kappa shape index (κ1) is 10.5. The van der Waals surface area contributed by atoms with E-state index in [1.54, 1.807) is 6.20 Å². The number of hydrazine groups is 1. The Labute approximate surface area is 93.4 Å². The van der Waals surface area contributed by atoms with Crippen molar-refractivity contribution in [1.82, 2.24) is 15.4 Å². The highest BCUT2D eigenvalue weighted by Gasteiger charge is 2.04. The van der Waals surface area contributed by atoms with E-state index in [4.69, 9.17) is 5.84 Å². The summed E-state index contributed by atoms with van der Waals surface area (Å²) in [6, 6.07) is 7.68. The Morgan fingerprint density at radius 2 is 2.12 bits per heavy atom. The van der Waals surface area contributed by atoms with Crippen molar-refractivity contribution >= 4 is 16.9 Å². The van der Waals surface area contributed by atoms with Crippen molar-refractivity contribution in [2.75, 3.05) is 6.54 Å². The smallest absolute Gasteiger partial charge is 0.163 e. The van der Waals surface area contributed by atoms with E-state index in [0.29, 0.717) is 18.1 Å². The minimum Gasteiger partial charge on any atom is -0.307 e. The van der Waals surface area contributed by atoms with Gasteiger partial charge < -0.3 is 5.43 Å². The van der Waals surface area contributed by atoms with Gasteiger partial charge in [0.05, 0.1) is 17.2 Å². The van der Waals surface area contributed by atoms with E-state index in [1.807, 2.05) is 31.2 Å². The molecule has 0 radical (unpaired) electrons. The molecule has 1 heterocycles. The molecule has 2 aromatic rings. The molecule has 1 aromatic heterocycles. The Balaban J connectivity index is 2.50. The second kappa shape index (κ2) is 4.67. The fourth-order valence-corrected chi connectivity index (χ4v) is 1.43. The van der Waals surface area contributed by atoms with Crippen molar-refractivity contribution in [3.63, 3.8) is 0 Å². The summed E-state index contributed by atoms with van der Waals surface area (Å²) in [7, 11) is 0. The summed E-state index contributed by atoms with van der Waals surface area (Å²) in [4.78, 5) is 12.9. The van der Waals surface area contributed by atoms with Gasteiger partial charge in [-0.3, -0.25) is 9.98 Å². The van der Waals surface area contributed by atoms with Crippen molar-refractivity contribution < 1.29 is 0 Å². The fourth-order valence-electron chi connectivity index (χ4n) is 1.43. The lowest BCUT2D eigenvalue weighted by atomic mass is 10.3. The molecule has 0 aliphatic carbocycles. The van der Waals surface area contributed by atoms with Gasteiger partial charge in [0.2, 0.25) is 0 Å². The highest BCUT2D eigenvalue weighted by Crippen LogP contribution is 2.08. The Morgan fingerprint density at radius 1 is 1.38 bits per heavy atom. The highest BCUT2D eigenvalue weighted by molar-refractivity contribution is 5.97. The van der Waals surface area contributed by atoms with Crippen LogP contribution in [0.15, 0.2) is 35.5 Å². The molecule has 5 heteroatoms. The van der Waals surface area contributed by atoms with Crippen molar-refractivity contribution in [2.45, 2.75) is 6.92 Å². The zero-order valence-corrected chi connectivity index (χ0v) is 9.01. The molecule has 0 atom stereocenters. The number of amidine groups is 1. The van der Waals surface area contributed by atoms with Crippen LogP contribution in [-0.2, 0) is 0 Å². The van der Waals surface area contributed by atoms with Crippen LogP contribution in [0.1, 0.15) is 12.6 Å². The summed E-state index contributed by atoms with van der Waals surface area (Å²) in [6.45, 7) is 2.58. The molecule has 0 saturated carbocycles. The monoisotopic (exact) mass is 215 g/mol. The van der Waals surface area contributed by atoms with Crippen LogP contribution >= 0.6 is 0 Å². The molecule has 0 amide bonds. The maximum atomic E-state index is 5.39. The molecule has 5 nitrogen and oxygen atoms in total. The number of aliphatic imine (C=N–C) groups is 1. The van der Waals surface area contributed by atoms with Crippen molar-refractivity contribution in [3.8, 4) is 0 Å². The molecule has 0 unspecified atom stereocenters. The average molecular weight is 215 g/mol. The topological polar surface area (TPSA) is 76.2 Å². The van der Waals surface area contributed by atoms with Gasteiger partial charge in [0.1, 0.15) is 5.69 Å². The van der Waals surface area contributed by atoms with E-state index < -0.39 is 0 Å². The number of nitrogens with zero attached hydrogens (tertiary/aromatic N) is 3. The minimum absolute atomic E-state index is 0.556. The molecule has 0 saturated heterocycles. The number of para-hydroxylation sites is 2. The van der Waals surface area contributed by atoms with Crippen LogP contribution in [0, 0.1) is 0 Å². The van der Waals surface area contributed by atoms with Crippen LogP contribution in [-0.4, -0.2) is 22.3 Å². The predicted molar refractivity (Wildman–Crippen MR) is 63.9 cm³/mol. The van der Waals surface area contributed by atoms with Gasteiger partial charge in [0.15, 0.2) is 5.84 Å². The van der Waals surface area contributed by atoms with Gasteiger partial charge in [-0.25, -0.2) is 10.8 Å². The normalized spacial score (nSPS) is 11.8. The Morgan fingerprint density at radius 3 is 2.81 bits per heavy atom. The van der Waals surface area contributed by atoms with Gasteiger partial charge in [-0.1, -0.05) is 12.1 Å². The molecule has 0 aliphatic heterocycles. The second-order valence-corrected chi connectivity index (χ2v) is 3.21. The first-order valence-electron chi connectivity index (χ1n) is 5.08. The van der Waals surface area contributed by atoms with Gasteiger partial charge in [0.25, 0.3) is 0 Å². The Bertz CT molecular complexity index is 521. The second-order valence-electron chi connectivity index (χ2n) is 3.21. The first-order valence-corrected chi connectivity index (χ1v) is 5.08. The predicted octanol–water partition coefficient (Wildman–Crippen LogP) is 0.860. The maximum Gasteiger partial charge on any atom is 0.163 e. The third kappa shape index (κ3) is 1.99. The van der Waals surface area contributed by atoms with E-state index in [1.165, 1.54) is 0 Å². The third-order valence-corrected chi connectivity index (χ3v) is 2.14. The zero-order valence-electron chi connectivity index (χ0n) is 9.01. The first-order chi connectivity index (χ1) is 7.85. The molecule has 2 rings (SSSR count). The Kier molecular flexibility index (Phi) is 3.07. The quantitative estimate of drug-likeness (QED) is 0.337. The summed E-state index contributed by atoms with van der Waals surface area (Å²) in [5.41, 5.74) is 4.88. The summed E-state index contributed by atoms with van der Waals surface area (Å²) in [5.74, 6) is 5.94. The number of aromatic nitrogens is 2. The summed E-state index contributed by atoms with van der Waals surface area (Å²) in [6.07, 6.45) is 1.66. The molecular formula is C11H13N5. The molecule has 1 aromatic carbocycles. The minimum atomic E-state index is 0.556. The van der Waals surface area contributed by atoms with Crippen LogP contribution < -0.4 is 11.3 Å². The number of fused-ring (bicyclic) bond motifs is 1. The van der Waals surface area contributed by atoms with Crippen molar-refractivity contribution in [3.05, 3.63) is 36.2 Å². The summed E-state index contributed by atoms with van der Waals surface area (Å²) >= 11 is 0. The van der Waals surface area contributed by atoms with Gasteiger partial charge in [0, 0.05) is 6.54 Å². The van der Waals surface area contributed by atoms with Crippen LogP contribution in [0.5, 0.6) is 0 Å². The highest BCUT2D eigenvalue weighted by atomic mass is 15.3. The molecule has 3 N–H and O–H groups in total. The number of nitrogens with two attached hydrogens (primary N) is 1. The van der Waals surface area contributed by atoms with Gasteiger partial charge in [-0.15, -0.1) is 0 Å². The van der Waals surface area contributed by atoms with Gasteiger partial charge >= 0.3 is 0 Å². The lowest BCUT2D eigenvalue weighted by Gasteiger charge is -2.04. The fraction of sp³-hybridized carbons (Fsp3) is 0.182. The molecule has 0 aliphatic rings.